The van der Waals surface area contributed by atoms with E-state index in [-0.39, 0.29) is 19.3 Å². The number of carbonyl (C=O) groups excluding carboxylic acids is 1. The standard InChI is InChI=1S/C13H26N2O6S/c1-12(2,3)21-11(18)13(14,10(16)17)8-6-7-9(15-4)22(5,19)20/h9,15H,6-8,14H2,1-5H3,(H,16,17). The number of esters is 1. The number of sulfone groups is 1. The van der Waals surface area contributed by atoms with Gasteiger partial charge in [-0.05, 0) is 47.1 Å². The van der Waals surface area contributed by atoms with Crippen molar-refractivity contribution >= 4 is 21.8 Å². The first-order valence-electron chi connectivity index (χ1n) is 6.86. The Balaban J connectivity index is 4.93. The van der Waals surface area contributed by atoms with Gasteiger partial charge >= 0.3 is 11.9 Å². The number of nitrogens with one attached hydrogen (secondary N) is 1. The zero-order chi connectivity index (χ0) is 17.8. The maximum atomic E-state index is 12.0. The number of carboxylic acid groups (broad SMARTS) is 1. The Morgan fingerprint density at radius 3 is 2.14 bits per heavy atom. The first-order chi connectivity index (χ1) is 9.74. The first kappa shape index (κ1) is 20.8. The SMILES string of the molecule is CNC(CCCC(N)(C(=O)O)C(=O)OC(C)(C)C)S(C)(=O)=O. The van der Waals surface area contributed by atoms with Gasteiger partial charge in [0.1, 0.15) is 11.0 Å². The van der Waals surface area contributed by atoms with Gasteiger partial charge in [-0.15, -0.1) is 0 Å². The highest BCUT2D eigenvalue weighted by Crippen LogP contribution is 2.20. The van der Waals surface area contributed by atoms with Gasteiger partial charge < -0.3 is 20.9 Å². The van der Waals surface area contributed by atoms with Crippen molar-refractivity contribution in [1.29, 1.82) is 0 Å². The second-order valence-corrected chi connectivity index (χ2v) is 8.51. The highest BCUT2D eigenvalue weighted by molar-refractivity contribution is 7.91. The van der Waals surface area contributed by atoms with E-state index in [0.717, 1.165) is 6.26 Å². The molecule has 0 aromatic carbocycles. The lowest BCUT2D eigenvalue weighted by Gasteiger charge is -2.28. The van der Waals surface area contributed by atoms with Crippen LogP contribution >= 0.6 is 0 Å². The van der Waals surface area contributed by atoms with Gasteiger partial charge in [0.15, 0.2) is 9.84 Å². The number of nitrogens with two attached hydrogens (primary N) is 1. The molecular weight excluding hydrogens is 312 g/mol. The minimum absolute atomic E-state index is 0.140. The van der Waals surface area contributed by atoms with Gasteiger partial charge in [-0.25, -0.2) is 18.0 Å². The highest BCUT2D eigenvalue weighted by atomic mass is 32.2. The normalized spacial score (nSPS) is 16.6. The number of hydrogen-bond acceptors (Lipinski definition) is 7. The van der Waals surface area contributed by atoms with E-state index in [9.17, 15) is 23.1 Å². The zero-order valence-electron chi connectivity index (χ0n) is 13.7. The van der Waals surface area contributed by atoms with Crippen molar-refractivity contribution in [3.8, 4) is 0 Å². The number of carbonyl (C=O) groups is 2. The van der Waals surface area contributed by atoms with Gasteiger partial charge in [-0.3, -0.25) is 0 Å². The maximum absolute atomic E-state index is 12.0. The minimum atomic E-state index is -3.32. The molecule has 0 spiro atoms. The average Bonchev–Trinajstić information content (AvgIpc) is 2.30. The van der Waals surface area contributed by atoms with E-state index in [1.54, 1.807) is 20.8 Å². The summed E-state index contributed by atoms with van der Waals surface area (Å²) in [6, 6.07) is 0. The second-order valence-electron chi connectivity index (χ2n) is 6.28. The second kappa shape index (κ2) is 7.38. The Labute approximate surface area is 131 Å². The molecule has 0 saturated heterocycles. The molecule has 0 fully saturated rings. The summed E-state index contributed by atoms with van der Waals surface area (Å²) < 4.78 is 28.0. The summed E-state index contributed by atoms with van der Waals surface area (Å²) >= 11 is 0. The van der Waals surface area contributed by atoms with Crippen LogP contribution in [0.15, 0.2) is 0 Å². The fourth-order valence-corrected chi connectivity index (χ4v) is 2.83. The van der Waals surface area contributed by atoms with Crippen LogP contribution in [0.3, 0.4) is 0 Å². The van der Waals surface area contributed by atoms with Gasteiger partial charge in [0.05, 0.1) is 0 Å². The van der Waals surface area contributed by atoms with Crippen molar-refractivity contribution in [3.63, 3.8) is 0 Å². The van der Waals surface area contributed by atoms with Crippen molar-refractivity contribution in [1.82, 2.24) is 5.32 Å². The van der Waals surface area contributed by atoms with E-state index < -0.39 is 38.3 Å². The highest BCUT2D eigenvalue weighted by Gasteiger charge is 2.45. The molecule has 8 nitrogen and oxygen atoms in total. The molecule has 0 aromatic rings. The van der Waals surface area contributed by atoms with Gasteiger partial charge in [-0.2, -0.15) is 0 Å². The monoisotopic (exact) mass is 338 g/mol. The van der Waals surface area contributed by atoms with Crippen molar-refractivity contribution in [2.45, 2.75) is 56.5 Å². The van der Waals surface area contributed by atoms with E-state index in [0.29, 0.717) is 0 Å². The number of hydrogen-bond donors (Lipinski definition) is 3. The molecular formula is C13H26N2O6S. The first-order valence-corrected chi connectivity index (χ1v) is 8.81. The van der Waals surface area contributed by atoms with Crippen LogP contribution in [0, 0.1) is 0 Å². The maximum Gasteiger partial charge on any atom is 0.338 e. The molecule has 0 radical (unpaired) electrons. The molecule has 130 valence electrons. The molecule has 9 heteroatoms. The fourth-order valence-electron chi connectivity index (χ4n) is 1.80. The van der Waals surface area contributed by atoms with Crippen LogP contribution in [0.4, 0.5) is 0 Å². The Morgan fingerprint density at radius 2 is 1.82 bits per heavy atom. The lowest BCUT2D eigenvalue weighted by atomic mass is 9.93. The van der Waals surface area contributed by atoms with Crippen LogP contribution in [-0.2, 0) is 24.2 Å². The third-order valence-corrected chi connectivity index (χ3v) is 4.53. The zero-order valence-corrected chi connectivity index (χ0v) is 14.5. The molecule has 0 amide bonds. The quantitative estimate of drug-likeness (QED) is 0.411. The Bertz CT molecular complexity index is 511. The van der Waals surface area contributed by atoms with E-state index in [1.807, 2.05) is 0 Å². The largest absolute Gasteiger partial charge is 0.479 e. The smallest absolute Gasteiger partial charge is 0.338 e. The van der Waals surface area contributed by atoms with Crippen LogP contribution in [0.2, 0.25) is 0 Å². The molecule has 0 bridgehead atoms. The van der Waals surface area contributed by atoms with Gasteiger partial charge in [-0.1, -0.05) is 0 Å². The summed E-state index contributed by atoms with van der Waals surface area (Å²) in [6.45, 7) is 4.82. The molecule has 0 aliphatic heterocycles. The van der Waals surface area contributed by atoms with Crippen molar-refractivity contribution in [2.24, 2.45) is 5.73 Å². The Morgan fingerprint density at radius 1 is 1.32 bits per heavy atom. The third-order valence-electron chi connectivity index (χ3n) is 3.02. The molecule has 0 aliphatic carbocycles. The average molecular weight is 338 g/mol. The minimum Gasteiger partial charge on any atom is -0.479 e. The van der Waals surface area contributed by atoms with E-state index in [4.69, 9.17) is 10.5 Å². The van der Waals surface area contributed by atoms with Crippen LogP contribution in [0.5, 0.6) is 0 Å². The van der Waals surface area contributed by atoms with E-state index in [2.05, 4.69) is 5.32 Å². The van der Waals surface area contributed by atoms with Gasteiger partial charge in [0, 0.05) is 6.26 Å². The fraction of sp³-hybridized carbons (Fsp3) is 0.846. The molecule has 22 heavy (non-hydrogen) atoms. The number of rotatable bonds is 8. The lowest BCUT2D eigenvalue weighted by molar-refractivity contribution is -0.169. The van der Waals surface area contributed by atoms with Crippen LogP contribution in [0.1, 0.15) is 40.0 Å². The Kier molecular flexibility index (Phi) is 6.98. The van der Waals surface area contributed by atoms with E-state index in [1.165, 1.54) is 7.05 Å². The summed E-state index contributed by atoms with van der Waals surface area (Å²) in [7, 11) is -1.83. The third kappa shape index (κ3) is 6.29. The molecule has 4 N–H and O–H groups in total. The molecule has 0 aliphatic rings. The van der Waals surface area contributed by atoms with Gasteiger partial charge in [0.2, 0.25) is 5.54 Å². The van der Waals surface area contributed by atoms with Crippen LogP contribution < -0.4 is 11.1 Å². The van der Waals surface area contributed by atoms with Crippen molar-refractivity contribution < 1.29 is 27.9 Å². The van der Waals surface area contributed by atoms with Crippen LogP contribution in [0.25, 0.3) is 0 Å². The van der Waals surface area contributed by atoms with Gasteiger partial charge in [0.25, 0.3) is 0 Å². The summed E-state index contributed by atoms with van der Waals surface area (Å²) in [4.78, 5) is 23.3. The van der Waals surface area contributed by atoms with Crippen molar-refractivity contribution in [3.05, 3.63) is 0 Å². The lowest BCUT2D eigenvalue weighted by Crippen LogP contribution is -2.57. The van der Waals surface area contributed by atoms with Crippen LogP contribution in [-0.4, -0.2) is 55.3 Å². The number of ether oxygens (including phenoxy) is 1. The predicted octanol–water partition coefficient (Wildman–Crippen LogP) is -0.129. The summed E-state index contributed by atoms with van der Waals surface area (Å²) in [5, 5.41) is 11.0. The molecule has 2 atom stereocenters. The van der Waals surface area contributed by atoms with Crippen molar-refractivity contribution in [2.75, 3.05) is 13.3 Å². The molecule has 0 heterocycles. The predicted molar refractivity (Wildman–Crippen MR) is 81.9 cm³/mol. The van der Waals surface area contributed by atoms with E-state index >= 15 is 0 Å². The number of aliphatic carboxylic acids is 1. The molecule has 0 saturated carbocycles. The summed E-state index contributed by atoms with van der Waals surface area (Å²) in [5.41, 5.74) is 2.63. The molecule has 2 unspecified atom stereocenters. The summed E-state index contributed by atoms with van der Waals surface area (Å²) in [5.74, 6) is -2.53. The summed E-state index contributed by atoms with van der Waals surface area (Å²) in [6.07, 6.45) is 1.14. The topological polar surface area (TPSA) is 136 Å². The Hall–Kier alpha value is -1.19. The molecule has 0 aromatic heterocycles. The molecule has 0 rings (SSSR count). The number of carboxylic acids is 1.